The van der Waals surface area contributed by atoms with E-state index in [-0.39, 0.29) is 18.0 Å². The smallest absolute Gasteiger partial charge is 0.328 e. The van der Waals surface area contributed by atoms with Gasteiger partial charge in [0.1, 0.15) is 6.04 Å². The van der Waals surface area contributed by atoms with E-state index in [1.165, 1.54) is 7.11 Å². The molecule has 0 aromatic heterocycles. The van der Waals surface area contributed by atoms with Gasteiger partial charge in [-0.05, 0) is 18.9 Å². The Morgan fingerprint density at radius 1 is 1.44 bits per heavy atom. The second-order valence-electron chi connectivity index (χ2n) is 4.95. The molecule has 6 nitrogen and oxygen atoms in total. The van der Waals surface area contributed by atoms with E-state index in [2.05, 4.69) is 10.6 Å². The van der Waals surface area contributed by atoms with Crippen molar-refractivity contribution >= 4 is 12.0 Å². The molecule has 0 spiro atoms. The van der Waals surface area contributed by atoms with Gasteiger partial charge < -0.3 is 20.3 Å². The summed E-state index contributed by atoms with van der Waals surface area (Å²) < 4.78 is 4.70. The standard InChI is InChI=1S/C12H23N3O3/c1-8(2)10(11(16)18-4)14-12(17)15(3)9-5-6-13-7-9/h8-10,13H,5-7H2,1-4H3,(H,14,17)/t9-,10-/m0/s1. The molecule has 2 atom stereocenters. The minimum atomic E-state index is -0.598. The van der Waals surface area contributed by atoms with Gasteiger partial charge in [0.05, 0.1) is 7.11 Å². The van der Waals surface area contributed by atoms with Crippen molar-refractivity contribution in [3.05, 3.63) is 0 Å². The van der Waals surface area contributed by atoms with Crippen LogP contribution in [0.25, 0.3) is 0 Å². The Morgan fingerprint density at radius 2 is 2.11 bits per heavy atom. The number of likely N-dealkylation sites (N-methyl/N-ethyl adjacent to an activating group) is 1. The largest absolute Gasteiger partial charge is 0.467 e. The molecule has 0 aromatic rings. The predicted octanol–water partition coefficient (Wildman–Crippen LogP) is 0.187. The van der Waals surface area contributed by atoms with Crippen molar-refractivity contribution in [3.8, 4) is 0 Å². The summed E-state index contributed by atoms with van der Waals surface area (Å²) in [6.07, 6.45) is 0.939. The third kappa shape index (κ3) is 3.60. The van der Waals surface area contributed by atoms with Crippen LogP contribution in [0, 0.1) is 5.92 Å². The van der Waals surface area contributed by atoms with Crippen LogP contribution in [-0.4, -0.2) is 56.2 Å². The minimum absolute atomic E-state index is 0.00324. The SMILES string of the molecule is COC(=O)[C@@H](NC(=O)N(C)[C@H]1CCNC1)C(C)C. The summed E-state index contributed by atoms with van der Waals surface area (Å²) in [4.78, 5) is 25.3. The zero-order valence-corrected chi connectivity index (χ0v) is 11.5. The van der Waals surface area contributed by atoms with Gasteiger partial charge >= 0.3 is 12.0 Å². The molecule has 2 N–H and O–H groups in total. The van der Waals surface area contributed by atoms with Crippen LogP contribution >= 0.6 is 0 Å². The third-order valence-corrected chi connectivity index (χ3v) is 3.30. The summed E-state index contributed by atoms with van der Waals surface area (Å²) in [5.74, 6) is -0.409. The number of carbonyl (C=O) groups is 2. The molecule has 0 aliphatic carbocycles. The van der Waals surface area contributed by atoms with Crippen molar-refractivity contribution < 1.29 is 14.3 Å². The van der Waals surface area contributed by atoms with Gasteiger partial charge in [-0.15, -0.1) is 0 Å². The average Bonchev–Trinajstić information content (AvgIpc) is 2.87. The van der Waals surface area contributed by atoms with Crippen LogP contribution in [0.2, 0.25) is 0 Å². The number of hydrogen-bond donors (Lipinski definition) is 2. The van der Waals surface area contributed by atoms with Gasteiger partial charge in [-0.3, -0.25) is 0 Å². The molecule has 0 saturated carbocycles. The third-order valence-electron chi connectivity index (χ3n) is 3.30. The number of amides is 2. The van der Waals surface area contributed by atoms with Gasteiger partial charge in [-0.25, -0.2) is 9.59 Å². The highest BCUT2D eigenvalue weighted by Gasteiger charge is 2.29. The lowest BCUT2D eigenvalue weighted by atomic mass is 10.1. The molecule has 1 heterocycles. The average molecular weight is 257 g/mol. The molecule has 1 aliphatic heterocycles. The number of carbonyl (C=O) groups excluding carboxylic acids is 2. The fourth-order valence-corrected chi connectivity index (χ4v) is 2.00. The summed E-state index contributed by atoms with van der Waals surface area (Å²) in [5.41, 5.74) is 0. The van der Waals surface area contributed by atoms with Crippen molar-refractivity contribution in [2.24, 2.45) is 5.92 Å². The first-order chi connectivity index (χ1) is 8.47. The normalized spacial score (nSPS) is 20.6. The maximum Gasteiger partial charge on any atom is 0.328 e. The number of urea groups is 1. The highest BCUT2D eigenvalue weighted by Crippen LogP contribution is 2.09. The Bertz CT molecular complexity index is 301. The van der Waals surface area contributed by atoms with Gasteiger partial charge in [0, 0.05) is 19.6 Å². The first-order valence-corrected chi connectivity index (χ1v) is 6.29. The Kier molecular flexibility index (Phi) is 5.40. The van der Waals surface area contributed by atoms with Crippen LogP contribution in [0.1, 0.15) is 20.3 Å². The van der Waals surface area contributed by atoms with E-state index in [1.54, 1.807) is 11.9 Å². The fraction of sp³-hybridized carbons (Fsp3) is 0.833. The van der Waals surface area contributed by atoms with Crippen LogP contribution in [0.3, 0.4) is 0 Å². The van der Waals surface area contributed by atoms with E-state index >= 15 is 0 Å². The monoisotopic (exact) mass is 257 g/mol. The zero-order valence-electron chi connectivity index (χ0n) is 11.5. The Hall–Kier alpha value is -1.30. The molecule has 1 saturated heterocycles. The number of rotatable bonds is 4. The molecule has 0 aromatic carbocycles. The Balaban J connectivity index is 2.57. The van der Waals surface area contributed by atoms with Crippen LogP contribution in [0.15, 0.2) is 0 Å². The second-order valence-corrected chi connectivity index (χ2v) is 4.95. The number of hydrogen-bond acceptors (Lipinski definition) is 4. The molecular formula is C12H23N3O3. The summed E-state index contributed by atoms with van der Waals surface area (Å²) in [6.45, 7) is 5.47. The molecule has 18 heavy (non-hydrogen) atoms. The van der Waals surface area contributed by atoms with E-state index < -0.39 is 12.0 Å². The van der Waals surface area contributed by atoms with Gasteiger partial charge in [0.15, 0.2) is 0 Å². The maximum absolute atomic E-state index is 12.0. The molecule has 104 valence electrons. The lowest BCUT2D eigenvalue weighted by Crippen LogP contribution is -2.52. The molecule has 2 amide bonds. The van der Waals surface area contributed by atoms with Crippen molar-refractivity contribution in [2.75, 3.05) is 27.2 Å². The van der Waals surface area contributed by atoms with Crippen LogP contribution < -0.4 is 10.6 Å². The summed E-state index contributed by atoms with van der Waals surface area (Å²) in [6, 6.07) is -0.637. The molecule has 1 fully saturated rings. The van der Waals surface area contributed by atoms with E-state index in [1.807, 2.05) is 13.8 Å². The molecule has 0 bridgehead atoms. The predicted molar refractivity (Wildman–Crippen MR) is 68.2 cm³/mol. The Labute approximate surface area is 108 Å². The van der Waals surface area contributed by atoms with Crippen molar-refractivity contribution in [1.29, 1.82) is 0 Å². The summed E-state index contributed by atoms with van der Waals surface area (Å²) >= 11 is 0. The molecular weight excluding hydrogens is 234 g/mol. The molecule has 1 rings (SSSR count). The quantitative estimate of drug-likeness (QED) is 0.705. The van der Waals surface area contributed by atoms with Gasteiger partial charge in [0.25, 0.3) is 0 Å². The molecule has 6 heteroatoms. The van der Waals surface area contributed by atoms with E-state index in [0.717, 1.165) is 19.5 Å². The number of nitrogens with one attached hydrogen (secondary N) is 2. The van der Waals surface area contributed by atoms with E-state index in [9.17, 15) is 9.59 Å². The van der Waals surface area contributed by atoms with Gasteiger partial charge in [-0.2, -0.15) is 0 Å². The first kappa shape index (κ1) is 14.8. The van der Waals surface area contributed by atoms with Crippen molar-refractivity contribution in [2.45, 2.75) is 32.4 Å². The molecule has 0 radical (unpaired) electrons. The van der Waals surface area contributed by atoms with E-state index in [4.69, 9.17) is 4.74 Å². The number of ether oxygens (including phenoxy) is 1. The minimum Gasteiger partial charge on any atom is -0.467 e. The van der Waals surface area contributed by atoms with Crippen LogP contribution in [0.4, 0.5) is 4.79 Å². The second kappa shape index (κ2) is 6.58. The number of nitrogens with zero attached hydrogens (tertiary/aromatic N) is 1. The van der Waals surface area contributed by atoms with Crippen molar-refractivity contribution in [3.63, 3.8) is 0 Å². The topological polar surface area (TPSA) is 70.7 Å². The number of methoxy groups -OCH3 is 1. The van der Waals surface area contributed by atoms with Crippen molar-refractivity contribution in [1.82, 2.24) is 15.5 Å². The number of esters is 1. The van der Waals surface area contributed by atoms with Crippen LogP contribution in [-0.2, 0) is 9.53 Å². The highest BCUT2D eigenvalue weighted by atomic mass is 16.5. The lowest BCUT2D eigenvalue weighted by molar-refractivity contribution is -0.144. The first-order valence-electron chi connectivity index (χ1n) is 6.29. The lowest BCUT2D eigenvalue weighted by Gasteiger charge is -2.27. The zero-order chi connectivity index (χ0) is 13.7. The molecule has 1 aliphatic rings. The van der Waals surface area contributed by atoms with Crippen LogP contribution in [0.5, 0.6) is 0 Å². The fourth-order valence-electron chi connectivity index (χ4n) is 2.00. The Morgan fingerprint density at radius 3 is 2.56 bits per heavy atom. The van der Waals surface area contributed by atoms with Gasteiger partial charge in [0.2, 0.25) is 0 Å². The summed E-state index contributed by atoms with van der Waals surface area (Å²) in [5, 5.41) is 5.93. The highest BCUT2D eigenvalue weighted by molar-refractivity contribution is 5.83. The summed E-state index contributed by atoms with van der Waals surface area (Å²) in [7, 11) is 3.08. The van der Waals surface area contributed by atoms with E-state index in [0.29, 0.717) is 0 Å². The maximum atomic E-state index is 12.0. The van der Waals surface area contributed by atoms with Gasteiger partial charge in [-0.1, -0.05) is 13.8 Å². The molecule has 0 unspecified atom stereocenters.